The topological polar surface area (TPSA) is 185 Å². The van der Waals surface area contributed by atoms with E-state index in [-0.39, 0.29) is 22.2 Å². The van der Waals surface area contributed by atoms with Gasteiger partial charge < -0.3 is 20.0 Å². The number of carboxylic acid groups (broad SMARTS) is 1. The molecule has 14 nitrogen and oxygen atoms in total. The van der Waals surface area contributed by atoms with Gasteiger partial charge in [0.2, 0.25) is 0 Å². The van der Waals surface area contributed by atoms with Crippen LogP contribution in [0.3, 0.4) is 0 Å². The molecule has 0 spiro atoms. The molecule has 1 saturated heterocycles. The number of carboxylic acids is 1. The summed E-state index contributed by atoms with van der Waals surface area (Å²) >= 11 is 5.08. The van der Waals surface area contributed by atoms with Crippen molar-refractivity contribution < 1.29 is 33.9 Å². The maximum absolute atomic E-state index is 13.1. The summed E-state index contributed by atoms with van der Waals surface area (Å²) in [5.41, 5.74) is 1.30. The van der Waals surface area contributed by atoms with Gasteiger partial charge in [0.1, 0.15) is 41.0 Å². The van der Waals surface area contributed by atoms with Gasteiger partial charge in [0, 0.05) is 16.9 Å². The van der Waals surface area contributed by atoms with Crippen LogP contribution in [0, 0.1) is 0 Å². The first-order valence-electron chi connectivity index (χ1n) is 11.7. The van der Waals surface area contributed by atoms with Gasteiger partial charge in [0.25, 0.3) is 11.8 Å². The van der Waals surface area contributed by atoms with Gasteiger partial charge in [-0.05, 0) is 25.8 Å². The number of aliphatic carboxylic acids is 1. The summed E-state index contributed by atoms with van der Waals surface area (Å²) in [4.78, 5) is 60.7. The second-order valence-corrected chi connectivity index (χ2v) is 12.9. The number of hydrogen-bond donors (Lipinski definition) is 3. The van der Waals surface area contributed by atoms with Crippen molar-refractivity contribution in [1.82, 2.24) is 25.4 Å². The molecule has 0 aliphatic carbocycles. The highest BCUT2D eigenvalue weighted by atomic mass is 32.2. The van der Waals surface area contributed by atoms with Crippen molar-refractivity contribution in [2.75, 3.05) is 23.9 Å². The summed E-state index contributed by atoms with van der Waals surface area (Å²) in [7, 11) is 1.25. The molecule has 2 aliphatic rings. The first-order valence-corrected chi connectivity index (χ1v) is 15.5. The number of rotatable bonds is 11. The van der Waals surface area contributed by atoms with Gasteiger partial charge in [-0.25, -0.2) is 14.6 Å². The van der Waals surface area contributed by atoms with Crippen LogP contribution < -0.4 is 10.6 Å². The largest absolute Gasteiger partial charge is 0.477 e. The van der Waals surface area contributed by atoms with Crippen LogP contribution in [0.25, 0.3) is 0 Å². The predicted molar refractivity (Wildman–Crippen MR) is 150 cm³/mol. The molecule has 18 heteroatoms. The van der Waals surface area contributed by atoms with Gasteiger partial charge >= 0.3 is 12.1 Å². The van der Waals surface area contributed by atoms with Gasteiger partial charge in [-0.3, -0.25) is 19.8 Å². The number of amides is 3. The van der Waals surface area contributed by atoms with E-state index in [1.54, 1.807) is 19.4 Å². The summed E-state index contributed by atoms with van der Waals surface area (Å²) in [6, 6.07) is -0.978. The molecule has 1 fully saturated rings. The Labute approximate surface area is 245 Å². The van der Waals surface area contributed by atoms with E-state index < -0.39 is 40.9 Å². The Morgan fingerprint density at radius 3 is 2.75 bits per heavy atom. The van der Waals surface area contributed by atoms with Crippen LogP contribution in [0.4, 0.5) is 9.93 Å². The molecule has 4 rings (SSSR count). The van der Waals surface area contributed by atoms with E-state index in [0.29, 0.717) is 27.8 Å². The van der Waals surface area contributed by atoms with Crippen LogP contribution in [0.15, 0.2) is 31.7 Å². The Kier molecular flexibility index (Phi) is 9.32. The number of anilines is 1. The molecule has 1 unspecified atom stereocenters. The minimum absolute atomic E-state index is 0.0876. The average Bonchev–Trinajstić information content (AvgIpc) is 3.60. The molecule has 0 saturated carbocycles. The maximum atomic E-state index is 13.1. The van der Waals surface area contributed by atoms with E-state index >= 15 is 0 Å². The zero-order valence-corrected chi connectivity index (χ0v) is 25.0. The fourth-order valence-electron chi connectivity index (χ4n) is 3.55. The number of hydrogen-bond acceptors (Lipinski definition) is 14. The molecular weight excluding hydrogens is 603 g/mol. The van der Waals surface area contributed by atoms with Gasteiger partial charge in [-0.2, -0.15) is 0 Å². The molecule has 2 aromatic heterocycles. The summed E-state index contributed by atoms with van der Waals surface area (Å²) in [6.45, 7) is 5.43. The number of β-lactam (4-membered cyclic amide) rings is 1. The lowest BCUT2D eigenvalue weighted by atomic mass is 10.0. The third-order valence-corrected chi connectivity index (χ3v) is 9.86. The van der Waals surface area contributed by atoms with Crippen molar-refractivity contribution in [3.8, 4) is 0 Å². The second-order valence-electron chi connectivity index (χ2n) is 8.90. The number of carbonyl (C=O) groups excluding carboxylic acids is 3. The third kappa shape index (κ3) is 6.56. The number of thiazole rings is 1. The minimum atomic E-state index is -1.22. The molecule has 2 aliphatic heterocycles. The minimum Gasteiger partial charge on any atom is -0.477 e. The molecule has 0 radical (unpaired) electrons. The number of fused-ring (bicyclic) bond motifs is 1. The van der Waals surface area contributed by atoms with Crippen molar-refractivity contribution >= 4 is 80.9 Å². The number of oxime groups is 1. The quantitative estimate of drug-likeness (QED) is 0.143. The second kappa shape index (κ2) is 12.5. The van der Waals surface area contributed by atoms with E-state index in [9.17, 15) is 24.3 Å². The Bertz CT molecular complexity index is 1360. The van der Waals surface area contributed by atoms with Crippen molar-refractivity contribution in [1.29, 1.82) is 0 Å². The number of thioether (sulfide) groups is 2. The SMILES string of the molecule is CCC(C)(C)OC(=O)Nc1nc(C(=NOC)C(=O)NC2C(=O)N3C(C(=O)O)=C(CSc4nncs4)CS[C@@H]23)cs1. The van der Waals surface area contributed by atoms with Crippen LogP contribution in [-0.4, -0.2) is 90.4 Å². The molecule has 3 amide bonds. The zero-order chi connectivity index (χ0) is 29.0. The van der Waals surface area contributed by atoms with E-state index in [1.807, 2.05) is 6.92 Å². The molecule has 40 heavy (non-hydrogen) atoms. The van der Waals surface area contributed by atoms with Crippen LogP contribution in [0.2, 0.25) is 0 Å². The first kappa shape index (κ1) is 29.8. The first-order chi connectivity index (χ1) is 19.0. The number of aromatic nitrogens is 3. The van der Waals surface area contributed by atoms with E-state index in [2.05, 4.69) is 31.0 Å². The predicted octanol–water partition coefficient (Wildman–Crippen LogP) is 2.61. The highest BCUT2D eigenvalue weighted by molar-refractivity contribution is 8.01. The molecule has 3 N–H and O–H groups in total. The van der Waals surface area contributed by atoms with Crippen LogP contribution >= 0.6 is 46.2 Å². The number of nitrogens with one attached hydrogen (secondary N) is 2. The average molecular weight is 628 g/mol. The summed E-state index contributed by atoms with van der Waals surface area (Å²) in [5, 5.41) is 27.5. The van der Waals surface area contributed by atoms with Gasteiger partial charge in [0.05, 0.1) is 0 Å². The molecule has 2 atom stereocenters. The third-order valence-electron chi connectivity index (χ3n) is 5.82. The lowest BCUT2D eigenvalue weighted by molar-refractivity contribution is -0.150. The Balaban J connectivity index is 1.43. The van der Waals surface area contributed by atoms with Crippen LogP contribution in [0.5, 0.6) is 0 Å². The molecule has 0 aromatic carbocycles. The Morgan fingerprint density at radius 2 is 2.10 bits per heavy atom. The highest BCUT2D eigenvalue weighted by Crippen LogP contribution is 2.41. The standard InChI is InChI=1S/C22H25N7O7S4/c1-5-22(2,3)36-20(34)26-19-24-11(8-38-19)12(28-35-4)15(30)25-13-16(31)29-14(18(32)33)10(6-37-17(13)29)7-39-21-27-23-9-40-21/h8-9,13,17H,5-7H2,1-4H3,(H,25,30)(H,32,33)(H,24,26,34)/t13?,17-/m0/s1. The van der Waals surface area contributed by atoms with Crippen molar-refractivity contribution in [2.24, 2.45) is 5.16 Å². The molecule has 214 valence electrons. The zero-order valence-electron chi connectivity index (χ0n) is 21.7. The van der Waals surface area contributed by atoms with Crippen LogP contribution in [0.1, 0.15) is 32.9 Å². The lowest BCUT2D eigenvalue weighted by Gasteiger charge is -2.49. The summed E-state index contributed by atoms with van der Waals surface area (Å²) in [6.07, 6.45) is -0.0837. The lowest BCUT2D eigenvalue weighted by Crippen LogP contribution is -2.71. The fourth-order valence-corrected chi connectivity index (χ4v) is 7.20. The molecule has 4 heterocycles. The molecule has 0 bridgehead atoms. The van der Waals surface area contributed by atoms with Crippen LogP contribution in [-0.2, 0) is 24.0 Å². The smallest absolute Gasteiger partial charge is 0.413 e. The van der Waals surface area contributed by atoms with E-state index in [1.165, 1.54) is 52.3 Å². The van der Waals surface area contributed by atoms with E-state index in [4.69, 9.17) is 9.57 Å². The number of carbonyl (C=O) groups is 4. The summed E-state index contributed by atoms with van der Waals surface area (Å²) < 4.78 is 6.04. The van der Waals surface area contributed by atoms with Gasteiger partial charge in [0.15, 0.2) is 15.2 Å². The highest BCUT2D eigenvalue weighted by Gasteiger charge is 2.54. The molecular formula is C22H25N7O7S4. The van der Waals surface area contributed by atoms with Gasteiger partial charge in [-0.15, -0.1) is 33.3 Å². The normalized spacial score (nSPS) is 19.1. The van der Waals surface area contributed by atoms with Gasteiger partial charge in [-0.1, -0.05) is 35.2 Å². The number of nitrogens with zero attached hydrogens (tertiary/aromatic N) is 5. The monoisotopic (exact) mass is 627 g/mol. The number of ether oxygens (including phenoxy) is 1. The van der Waals surface area contributed by atoms with Crippen molar-refractivity contribution in [2.45, 2.75) is 48.5 Å². The molecule has 2 aromatic rings. The van der Waals surface area contributed by atoms with Crippen molar-refractivity contribution in [3.05, 3.63) is 27.9 Å². The van der Waals surface area contributed by atoms with Crippen molar-refractivity contribution in [3.63, 3.8) is 0 Å². The maximum Gasteiger partial charge on any atom is 0.413 e. The summed E-state index contributed by atoms with van der Waals surface area (Å²) in [5.74, 6) is -1.82. The Hall–Kier alpha value is -3.22. The fraction of sp³-hybridized carbons (Fsp3) is 0.455. The Morgan fingerprint density at radius 1 is 1.32 bits per heavy atom. The van der Waals surface area contributed by atoms with E-state index in [0.717, 1.165) is 11.3 Å².